The van der Waals surface area contributed by atoms with Crippen LogP contribution in [0.5, 0.6) is 11.5 Å². The molecule has 108 valence electrons. The summed E-state index contributed by atoms with van der Waals surface area (Å²) in [6.45, 7) is 3.09. The summed E-state index contributed by atoms with van der Waals surface area (Å²) in [7, 11) is 3.35. The van der Waals surface area contributed by atoms with E-state index in [-0.39, 0.29) is 6.04 Å². The predicted octanol–water partition coefficient (Wildman–Crippen LogP) is 3.25. The lowest BCUT2D eigenvalue weighted by molar-refractivity contribution is 0.405. The summed E-state index contributed by atoms with van der Waals surface area (Å²) in [5.41, 5.74) is 1.08. The lowest BCUT2D eigenvalue weighted by Crippen LogP contribution is -2.23. The summed E-state index contributed by atoms with van der Waals surface area (Å²) in [6, 6.07) is 4.08. The molecule has 0 aliphatic heterocycles. The summed E-state index contributed by atoms with van der Waals surface area (Å²) in [5, 5.41) is 5.59. The van der Waals surface area contributed by atoms with Crippen molar-refractivity contribution < 1.29 is 9.47 Å². The Morgan fingerprint density at radius 1 is 1.30 bits per heavy atom. The summed E-state index contributed by atoms with van der Waals surface area (Å²) in [5.74, 6) is 1.67. The second kappa shape index (κ2) is 7.26. The molecule has 5 heteroatoms. The maximum absolute atomic E-state index is 5.44. The normalized spacial score (nSPS) is 12.2. The van der Waals surface area contributed by atoms with E-state index in [1.54, 1.807) is 31.8 Å². The molecule has 0 bridgehead atoms. The molecule has 2 aromatic heterocycles. The summed E-state index contributed by atoms with van der Waals surface area (Å²) in [6.07, 6.45) is 4.66. The first kappa shape index (κ1) is 14.8. The molecule has 2 heterocycles. The van der Waals surface area contributed by atoms with Gasteiger partial charge in [0.2, 0.25) is 0 Å². The van der Waals surface area contributed by atoms with E-state index in [9.17, 15) is 0 Å². The van der Waals surface area contributed by atoms with Crippen molar-refractivity contribution >= 4 is 11.3 Å². The summed E-state index contributed by atoms with van der Waals surface area (Å²) >= 11 is 1.68. The molecule has 4 nitrogen and oxygen atoms in total. The molecule has 0 radical (unpaired) electrons. The Hall–Kier alpha value is -1.59. The molecule has 0 saturated heterocycles. The number of nitrogens with one attached hydrogen (secondary N) is 1. The highest BCUT2D eigenvalue weighted by molar-refractivity contribution is 7.10. The lowest BCUT2D eigenvalue weighted by atomic mass is 10.1. The van der Waals surface area contributed by atoms with Gasteiger partial charge in [-0.3, -0.25) is 4.98 Å². The van der Waals surface area contributed by atoms with Gasteiger partial charge < -0.3 is 14.8 Å². The SMILES string of the molecule is CCCNC(c1cncc(OC)c1)c1sccc1OC. The number of aromatic nitrogens is 1. The third-order valence-electron chi connectivity index (χ3n) is 3.04. The maximum atomic E-state index is 5.44. The summed E-state index contributed by atoms with van der Waals surface area (Å²) in [4.78, 5) is 5.41. The number of ether oxygens (including phenoxy) is 2. The molecule has 0 aromatic carbocycles. The average molecular weight is 292 g/mol. The predicted molar refractivity (Wildman–Crippen MR) is 81.8 cm³/mol. The van der Waals surface area contributed by atoms with E-state index >= 15 is 0 Å². The van der Waals surface area contributed by atoms with Crippen LogP contribution in [0.2, 0.25) is 0 Å². The smallest absolute Gasteiger partial charge is 0.137 e. The fourth-order valence-corrected chi connectivity index (χ4v) is 3.01. The van der Waals surface area contributed by atoms with Crippen LogP contribution in [0.3, 0.4) is 0 Å². The van der Waals surface area contributed by atoms with Crippen molar-refractivity contribution in [2.75, 3.05) is 20.8 Å². The van der Waals surface area contributed by atoms with Crippen LogP contribution in [0.25, 0.3) is 0 Å². The number of rotatable bonds is 7. The molecule has 0 fully saturated rings. The highest BCUT2D eigenvalue weighted by atomic mass is 32.1. The molecule has 1 atom stereocenters. The van der Waals surface area contributed by atoms with Crippen molar-refractivity contribution in [3.8, 4) is 11.5 Å². The monoisotopic (exact) mass is 292 g/mol. The topological polar surface area (TPSA) is 43.4 Å². The highest BCUT2D eigenvalue weighted by Gasteiger charge is 2.20. The zero-order valence-electron chi connectivity index (χ0n) is 12.1. The van der Waals surface area contributed by atoms with Gasteiger partial charge >= 0.3 is 0 Å². The Morgan fingerprint density at radius 2 is 2.15 bits per heavy atom. The average Bonchev–Trinajstić information content (AvgIpc) is 2.96. The molecule has 0 amide bonds. The third-order valence-corrected chi connectivity index (χ3v) is 4.00. The number of nitrogens with zero attached hydrogens (tertiary/aromatic N) is 1. The fourth-order valence-electron chi connectivity index (χ4n) is 2.04. The number of pyridine rings is 1. The van der Waals surface area contributed by atoms with Crippen LogP contribution < -0.4 is 14.8 Å². The van der Waals surface area contributed by atoms with Gasteiger partial charge in [-0.05, 0) is 36.0 Å². The fraction of sp³-hybridized carbons (Fsp3) is 0.400. The van der Waals surface area contributed by atoms with Crippen molar-refractivity contribution in [2.45, 2.75) is 19.4 Å². The van der Waals surface area contributed by atoms with Crippen LogP contribution in [0.4, 0.5) is 0 Å². The van der Waals surface area contributed by atoms with Crippen LogP contribution >= 0.6 is 11.3 Å². The van der Waals surface area contributed by atoms with Crippen molar-refractivity contribution in [3.63, 3.8) is 0 Å². The van der Waals surface area contributed by atoms with Crippen LogP contribution in [0.1, 0.15) is 29.8 Å². The van der Waals surface area contributed by atoms with E-state index in [4.69, 9.17) is 9.47 Å². The van der Waals surface area contributed by atoms with Crippen LogP contribution in [-0.2, 0) is 0 Å². The van der Waals surface area contributed by atoms with Gasteiger partial charge in [-0.25, -0.2) is 0 Å². The van der Waals surface area contributed by atoms with Crippen molar-refractivity contribution in [1.29, 1.82) is 0 Å². The van der Waals surface area contributed by atoms with E-state index in [0.717, 1.165) is 34.9 Å². The summed E-state index contributed by atoms with van der Waals surface area (Å²) < 4.78 is 10.7. The van der Waals surface area contributed by atoms with Gasteiger partial charge in [-0.1, -0.05) is 6.92 Å². The molecular weight excluding hydrogens is 272 g/mol. The van der Waals surface area contributed by atoms with Gasteiger partial charge in [0.15, 0.2) is 0 Å². The molecule has 1 unspecified atom stereocenters. The molecule has 0 aliphatic carbocycles. The van der Waals surface area contributed by atoms with E-state index in [1.165, 1.54) is 0 Å². The maximum Gasteiger partial charge on any atom is 0.137 e. The number of hydrogen-bond acceptors (Lipinski definition) is 5. The highest BCUT2D eigenvalue weighted by Crippen LogP contribution is 2.35. The Bertz CT molecular complexity index is 542. The van der Waals surface area contributed by atoms with E-state index in [0.29, 0.717) is 0 Å². The van der Waals surface area contributed by atoms with Crippen molar-refractivity contribution in [1.82, 2.24) is 10.3 Å². The molecule has 2 rings (SSSR count). The Kier molecular flexibility index (Phi) is 5.38. The Labute approximate surface area is 123 Å². The van der Waals surface area contributed by atoms with E-state index in [1.807, 2.05) is 23.7 Å². The first-order valence-corrected chi connectivity index (χ1v) is 7.51. The number of hydrogen-bond donors (Lipinski definition) is 1. The Balaban J connectivity index is 2.36. The first-order chi connectivity index (χ1) is 9.80. The van der Waals surface area contributed by atoms with Gasteiger partial charge in [0.1, 0.15) is 11.5 Å². The van der Waals surface area contributed by atoms with E-state index < -0.39 is 0 Å². The molecule has 1 N–H and O–H groups in total. The van der Waals surface area contributed by atoms with Gasteiger partial charge in [-0.2, -0.15) is 0 Å². The molecule has 2 aromatic rings. The van der Waals surface area contributed by atoms with Crippen molar-refractivity contribution in [2.24, 2.45) is 0 Å². The minimum absolute atomic E-state index is 0.0764. The van der Waals surface area contributed by atoms with Gasteiger partial charge in [0.25, 0.3) is 0 Å². The second-order valence-corrected chi connectivity index (χ2v) is 5.35. The standard InChI is InChI=1S/C15H20N2O2S/c1-4-6-17-14(15-13(19-3)5-7-20-15)11-8-12(18-2)10-16-9-11/h5,7-10,14,17H,4,6H2,1-3H3. The largest absolute Gasteiger partial charge is 0.496 e. The molecule has 0 spiro atoms. The van der Waals surface area contributed by atoms with Crippen LogP contribution in [-0.4, -0.2) is 25.7 Å². The Morgan fingerprint density at radius 3 is 2.85 bits per heavy atom. The second-order valence-electron chi connectivity index (χ2n) is 4.40. The molecule has 0 aliphatic rings. The first-order valence-electron chi connectivity index (χ1n) is 6.63. The molecule has 0 saturated carbocycles. The zero-order valence-corrected chi connectivity index (χ0v) is 12.9. The van der Waals surface area contributed by atoms with Gasteiger partial charge in [0.05, 0.1) is 31.3 Å². The van der Waals surface area contributed by atoms with Crippen LogP contribution in [0, 0.1) is 0 Å². The van der Waals surface area contributed by atoms with Gasteiger partial charge in [0, 0.05) is 6.20 Å². The van der Waals surface area contributed by atoms with Crippen LogP contribution in [0.15, 0.2) is 29.9 Å². The lowest BCUT2D eigenvalue weighted by Gasteiger charge is -2.19. The number of thiophene rings is 1. The number of methoxy groups -OCH3 is 2. The molecular formula is C15H20N2O2S. The van der Waals surface area contributed by atoms with Gasteiger partial charge in [-0.15, -0.1) is 11.3 Å². The quantitative estimate of drug-likeness (QED) is 0.850. The zero-order chi connectivity index (χ0) is 14.4. The minimum atomic E-state index is 0.0764. The third kappa shape index (κ3) is 3.29. The minimum Gasteiger partial charge on any atom is -0.496 e. The van der Waals surface area contributed by atoms with E-state index in [2.05, 4.69) is 17.2 Å². The van der Waals surface area contributed by atoms with Crippen molar-refractivity contribution in [3.05, 3.63) is 40.3 Å². The molecule has 20 heavy (non-hydrogen) atoms.